The molecule has 0 atom stereocenters. The highest BCUT2D eigenvalue weighted by atomic mass is 32.1. The molecule has 0 spiro atoms. The Hall–Kier alpha value is -0.960. The molecule has 0 unspecified atom stereocenters. The van der Waals surface area contributed by atoms with Crippen LogP contribution >= 0.6 is 12.6 Å². The highest BCUT2D eigenvalue weighted by Crippen LogP contribution is 2.12. The van der Waals surface area contributed by atoms with Crippen LogP contribution in [0, 0.1) is 0 Å². The maximum absolute atomic E-state index is 11.5. The third kappa shape index (κ3) is 5.21. The molecule has 0 radical (unpaired) electrons. The molecule has 0 N–H and O–H groups in total. The van der Waals surface area contributed by atoms with E-state index in [0.29, 0.717) is 12.8 Å². The number of ether oxygens (including phenoxy) is 1. The maximum atomic E-state index is 11.5. The first-order valence-corrected chi connectivity index (χ1v) is 5.81. The minimum Gasteiger partial charge on any atom is -0.460 e. The fraction of sp³-hybridized carbons (Fsp3) is 0.462. The molecule has 0 amide bonds. The predicted octanol–water partition coefficient (Wildman–Crippen LogP) is 3.25. The second-order valence-corrected chi connectivity index (χ2v) is 5.27. The van der Waals surface area contributed by atoms with Gasteiger partial charge in [-0.1, -0.05) is 12.1 Å². The van der Waals surface area contributed by atoms with Crippen LogP contribution in [0.1, 0.15) is 32.8 Å². The van der Waals surface area contributed by atoms with Crippen molar-refractivity contribution in [3.05, 3.63) is 29.8 Å². The van der Waals surface area contributed by atoms with E-state index in [9.17, 15) is 4.79 Å². The molecule has 0 heterocycles. The summed E-state index contributed by atoms with van der Waals surface area (Å²) in [4.78, 5) is 12.4. The minimum absolute atomic E-state index is 0.151. The average molecular weight is 238 g/mol. The SMILES string of the molecule is CC(C)(C)OC(=O)CCc1ccc(S)cc1. The third-order valence-electron chi connectivity index (χ3n) is 1.97. The Kier molecular flexibility index (Phi) is 4.42. The van der Waals surface area contributed by atoms with Crippen LogP contribution in [0.3, 0.4) is 0 Å². The summed E-state index contributed by atoms with van der Waals surface area (Å²) in [5.41, 5.74) is 0.732. The maximum Gasteiger partial charge on any atom is 0.306 e. The lowest BCUT2D eigenvalue weighted by molar-refractivity contribution is -0.154. The molecular weight excluding hydrogens is 220 g/mol. The smallest absolute Gasteiger partial charge is 0.306 e. The molecule has 0 aliphatic rings. The molecule has 1 aromatic carbocycles. The summed E-state index contributed by atoms with van der Waals surface area (Å²) in [6, 6.07) is 7.81. The first kappa shape index (κ1) is 13.1. The van der Waals surface area contributed by atoms with Crippen molar-refractivity contribution >= 4 is 18.6 Å². The van der Waals surface area contributed by atoms with Gasteiger partial charge >= 0.3 is 5.97 Å². The van der Waals surface area contributed by atoms with Gasteiger partial charge in [-0.2, -0.15) is 0 Å². The van der Waals surface area contributed by atoms with Gasteiger partial charge in [-0.05, 0) is 44.9 Å². The lowest BCUT2D eigenvalue weighted by Crippen LogP contribution is -2.23. The van der Waals surface area contributed by atoms with E-state index < -0.39 is 5.60 Å². The van der Waals surface area contributed by atoms with Crippen LogP contribution in [0.25, 0.3) is 0 Å². The highest BCUT2D eigenvalue weighted by Gasteiger charge is 2.15. The van der Waals surface area contributed by atoms with Gasteiger partial charge in [0.05, 0.1) is 0 Å². The molecule has 0 fully saturated rings. The van der Waals surface area contributed by atoms with Crippen LogP contribution in [0.15, 0.2) is 29.2 Å². The van der Waals surface area contributed by atoms with Gasteiger partial charge in [-0.15, -0.1) is 12.6 Å². The Balaban J connectivity index is 2.40. The molecule has 0 bridgehead atoms. The summed E-state index contributed by atoms with van der Waals surface area (Å²) in [7, 11) is 0. The molecule has 3 heteroatoms. The second kappa shape index (κ2) is 5.39. The van der Waals surface area contributed by atoms with Crippen molar-refractivity contribution in [2.75, 3.05) is 0 Å². The van der Waals surface area contributed by atoms with E-state index in [-0.39, 0.29) is 5.97 Å². The van der Waals surface area contributed by atoms with Crippen molar-refractivity contribution in [2.24, 2.45) is 0 Å². The number of esters is 1. The number of rotatable bonds is 3. The summed E-state index contributed by atoms with van der Waals surface area (Å²) >= 11 is 4.20. The summed E-state index contributed by atoms with van der Waals surface area (Å²) < 4.78 is 5.23. The van der Waals surface area contributed by atoms with Crippen molar-refractivity contribution in [3.8, 4) is 0 Å². The van der Waals surface area contributed by atoms with Crippen molar-refractivity contribution in [1.82, 2.24) is 0 Å². The molecule has 2 nitrogen and oxygen atoms in total. The summed E-state index contributed by atoms with van der Waals surface area (Å²) in [6.45, 7) is 5.63. The van der Waals surface area contributed by atoms with Crippen molar-refractivity contribution in [1.29, 1.82) is 0 Å². The van der Waals surface area contributed by atoms with E-state index in [0.717, 1.165) is 10.5 Å². The fourth-order valence-corrected chi connectivity index (χ4v) is 1.45. The average Bonchev–Trinajstić information content (AvgIpc) is 2.14. The molecule has 1 rings (SSSR count). The van der Waals surface area contributed by atoms with Gasteiger partial charge < -0.3 is 4.74 Å². The first-order valence-electron chi connectivity index (χ1n) is 5.36. The number of carbonyl (C=O) groups excluding carboxylic acids is 1. The topological polar surface area (TPSA) is 26.3 Å². The summed E-state index contributed by atoms with van der Waals surface area (Å²) in [6.07, 6.45) is 1.13. The van der Waals surface area contributed by atoms with E-state index >= 15 is 0 Å². The Morgan fingerprint density at radius 1 is 1.25 bits per heavy atom. The van der Waals surface area contributed by atoms with E-state index in [4.69, 9.17) is 4.74 Å². The molecule has 16 heavy (non-hydrogen) atoms. The van der Waals surface area contributed by atoms with Gasteiger partial charge in [0, 0.05) is 11.3 Å². The fourth-order valence-electron chi connectivity index (χ4n) is 1.30. The van der Waals surface area contributed by atoms with Crippen LogP contribution in [0.4, 0.5) is 0 Å². The van der Waals surface area contributed by atoms with E-state index in [1.54, 1.807) is 0 Å². The second-order valence-electron chi connectivity index (χ2n) is 4.75. The van der Waals surface area contributed by atoms with Gasteiger partial charge in [0.15, 0.2) is 0 Å². The molecule has 0 aliphatic carbocycles. The first-order chi connectivity index (χ1) is 7.37. The van der Waals surface area contributed by atoms with Gasteiger partial charge in [0.2, 0.25) is 0 Å². The van der Waals surface area contributed by atoms with Crippen LogP contribution in [0.5, 0.6) is 0 Å². The number of hydrogen-bond donors (Lipinski definition) is 1. The molecule has 0 saturated heterocycles. The largest absolute Gasteiger partial charge is 0.460 e. The number of aryl methyl sites for hydroxylation is 1. The Labute approximate surface area is 102 Å². The number of benzene rings is 1. The molecule has 0 saturated carbocycles. The Morgan fingerprint density at radius 3 is 2.31 bits per heavy atom. The lowest BCUT2D eigenvalue weighted by atomic mass is 10.1. The Morgan fingerprint density at radius 2 is 1.81 bits per heavy atom. The predicted molar refractivity (Wildman–Crippen MR) is 67.9 cm³/mol. The standard InChI is InChI=1S/C13H18O2S/c1-13(2,3)15-12(14)9-6-10-4-7-11(16)8-5-10/h4-5,7-8,16H,6,9H2,1-3H3. The number of hydrogen-bond acceptors (Lipinski definition) is 3. The van der Waals surface area contributed by atoms with Crippen molar-refractivity contribution in [2.45, 2.75) is 44.1 Å². The zero-order valence-electron chi connectivity index (χ0n) is 9.99. The molecular formula is C13H18O2S. The minimum atomic E-state index is -0.397. The third-order valence-corrected chi connectivity index (χ3v) is 2.27. The zero-order chi connectivity index (χ0) is 12.2. The van der Waals surface area contributed by atoms with E-state index in [1.165, 1.54) is 0 Å². The molecule has 0 aliphatic heterocycles. The van der Waals surface area contributed by atoms with E-state index in [1.807, 2.05) is 45.0 Å². The van der Waals surface area contributed by atoms with Gasteiger partial charge in [0.1, 0.15) is 5.60 Å². The Bertz CT molecular complexity index is 349. The van der Waals surface area contributed by atoms with E-state index in [2.05, 4.69) is 12.6 Å². The van der Waals surface area contributed by atoms with Gasteiger partial charge in [0.25, 0.3) is 0 Å². The monoisotopic (exact) mass is 238 g/mol. The quantitative estimate of drug-likeness (QED) is 0.646. The van der Waals surface area contributed by atoms with Crippen molar-refractivity contribution in [3.63, 3.8) is 0 Å². The summed E-state index contributed by atoms with van der Waals surface area (Å²) in [5.74, 6) is -0.151. The van der Waals surface area contributed by atoms with Crippen LogP contribution in [0.2, 0.25) is 0 Å². The molecule has 1 aromatic rings. The number of thiol groups is 1. The summed E-state index contributed by atoms with van der Waals surface area (Å²) in [5, 5.41) is 0. The molecule has 0 aromatic heterocycles. The normalized spacial score (nSPS) is 11.2. The van der Waals surface area contributed by atoms with Gasteiger partial charge in [-0.3, -0.25) is 4.79 Å². The molecule has 88 valence electrons. The van der Waals surface area contributed by atoms with Crippen LogP contribution < -0.4 is 0 Å². The highest BCUT2D eigenvalue weighted by molar-refractivity contribution is 7.80. The van der Waals surface area contributed by atoms with Crippen molar-refractivity contribution < 1.29 is 9.53 Å². The van der Waals surface area contributed by atoms with Crippen LogP contribution in [-0.4, -0.2) is 11.6 Å². The lowest BCUT2D eigenvalue weighted by Gasteiger charge is -2.19. The zero-order valence-corrected chi connectivity index (χ0v) is 10.9. The van der Waals surface area contributed by atoms with Crippen LogP contribution in [-0.2, 0) is 16.0 Å². The number of carbonyl (C=O) groups is 1. The van der Waals surface area contributed by atoms with Gasteiger partial charge in [-0.25, -0.2) is 0 Å².